The molecule has 0 amide bonds. The van der Waals surface area contributed by atoms with E-state index in [0.717, 1.165) is 4.91 Å². The second-order valence-electron chi connectivity index (χ2n) is 1.18. The van der Waals surface area contributed by atoms with Gasteiger partial charge in [0.05, 0.1) is 0 Å². The first-order valence-electron chi connectivity index (χ1n) is 2.41. The third-order valence-electron chi connectivity index (χ3n) is 0.705. The SMILES string of the molecule is C=CSC(C=C)=CC. The quantitative estimate of drug-likeness (QED) is 0.524. The first kappa shape index (κ1) is 7.57. The Labute approximate surface area is 55.0 Å². The number of thioether (sulfide) groups is 1. The Bertz CT molecular complexity index is 112. The Balaban J connectivity index is 3.71. The first-order chi connectivity index (χ1) is 3.85. The Hall–Kier alpha value is -0.430. The van der Waals surface area contributed by atoms with Crippen molar-refractivity contribution in [3.05, 3.63) is 35.6 Å². The molecule has 0 aromatic rings. The first-order valence-corrected chi connectivity index (χ1v) is 3.29. The fraction of sp³-hybridized carbons (Fsp3) is 0.143. The smallest absolute Gasteiger partial charge is 0.00670 e. The van der Waals surface area contributed by atoms with E-state index in [1.165, 1.54) is 0 Å². The lowest BCUT2D eigenvalue weighted by atomic mass is 10.5. The molecule has 0 rings (SSSR count). The van der Waals surface area contributed by atoms with E-state index in [1.807, 2.05) is 19.1 Å². The fourth-order valence-corrected chi connectivity index (χ4v) is 0.755. The van der Waals surface area contributed by atoms with Crippen molar-refractivity contribution in [1.29, 1.82) is 0 Å². The van der Waals surface area contributed by atoms with Crippen LogP contribution in [0.2, 0.25) is 0 Å². The van der Waals surface area contributed by atoms with Gasteiger partial charge in [0.15, 0.2) is 0 Å². The van der Waals surface area contributed by atoms with Crippen LogP contribution in [0, 0.1) is 0 Å². The zero-order valence-electron chi connectivity index (χ0n) is 5.05. The molecule has 0 aliphatic heterocycles. The van der Waals surface area contributed by atoms with Crippen LogP contribution in [-0.2, 0) is 0 Å². The zero-order valence-corrected chi connectivity index (χ0v) is 5.87. The normalized spacial score (nSPS) is 10.9. The minimum atomic E-state index is 1.15. The molecular formula is C7H10S. The van der Waals surface area contributed by atoms with Gasteiger partial charge in [-0.1, -0.05) is 37.1 Å². The highest BCUT2D eigenvalue weighted by molar-refractivity contribution is 8.06. The van der Waals surface area contributed by atoms with Gasteiger partial charge in [-0.3, -0.25) is 0 Å². The average molecular weight is 126 g/mol. The third kappa shape index (κ3) is 2.69. The molecule has 0 unspecified atom stereocenters. The van der Waals surface area contributed by atoms with Gasteiger partial charge in [-0.2, -0.15) is 0 Å². The monoisotopic (exact) mass is 126 g/mol. The van der Waals surface area contributed by atoms with E-state index in [4.69, 9.17) is 0 Å². The Morgan fingerprint density at radius 2 is 2.12 bits per heavy atom. The van der Waals surface area contributed by atoms with Crippen molar-refractivity contribution in [2.75, 3.05) is 0 Å². The highest BCUT2D eigenvalue weighted by atomic mass is 32.2. The zero-order chi connectivity index (χ0) is 6.41. The lowest BCUT2D eigenvalue weighted by molar-refractivity contribution is 1.72. The standard InChI is InChI=1S/C7H10S/c1-4-7(5-2)8-6-3/h4-6H,1,3H2,2H3. The predicted molar refractivity (Wildman–Crippen MR) is 41.7 cm³/mol. The van der Waals surface area contributed by atoms with Crippen molar-refractivity contribution >= 4 is 11.8 Å². The summed E-state index contributed by atoms with van der Waals surface area (Å²) in [6.45, 7) is 9.16. The molecular weight excluding hydrogens is 116 g/mol. The van der Waals surface area contributed by atoms with Crippen LogP contribution in [-0.4, -0.2) is 0 Å². The highest BCUT2D eigenvalue weighted by Crippen LogP contribution is 2.15. The lowest BCUT2D eigenvalue weighted by Gasteiger charge is -1.89. The summed E-state index contributed by atoms with van der Waals surface area (Å²) in [5, 5.41) is 1.79. The van der Waals surface area contributed by atoms with Gasteiger partial charge in [0.25, 0.3) is 0 Å². The Kier molecular flexibility index (Phi) is 4.47. The molecule has 0 aromatic carbocycles. The van der Waals surface area contributed by atoms with Gasteiger partial charge in [0.1, 0.15) is 0 Å². The number of hydrogen-bond acceptors (Lipinski definition) is 1. The molecule has 0 heterocycles. The van der Waals surface area contributed by atoms with Crippen molar-refractivity contribution in [1.82, 2.24) is 0 Å². The van der Waals surface area contributed by atoms with Crippen molar-refractivity contribution < 1.29 is 0 Å². The molecule has 0 saturated heterocycles. The second-order valence-corrected chi connectivity index (χ2v) is 2.22. The molecule has 1 heteroatoms. The van der Waals surface area contributed by atoms with Crippen molar-refractivity contribution in [3.63, 3.8) is 0 Å². The predicted octanol–water partition coefficient (Wildman–Crippen LogP) is 2.95. The molecule has 0 atom stereocenters. The van der Waals surface area contributed by atoms with Crippen LogP contribution < -0.4 is 0 Å². The van der Waals surface area contributed by atoms with E-state index in [-0.39, 0.29) is 0 Å². The fourth-order valence-electron chi connectivity index (χ4n) is 0.330. The molecule has 0 aliphatic rings. The molecule has 0 spiro atoms. The average Bonchev–Trinajstić information content (AvgIpc) is 1.83. The van der Waals surface area contributed by atoms with Crippen LogP contribution in [0.3, 0.4) is 0 Å². The van der Waals surface area contributed by atoms with Crippen LogP contribution >= 0.6 is 11.8 Å². The molecule has 44 valence electrons. The van der Waals surface area contributed by atoms with Gasteiger partial charge in [-0.05, 0) is 12.3 Å². The highest BCUT2D eigenvalue weighted by Gasteiger charge is 1.80. The maximum atomic E-state index is 3.61. The largest absolute Gasteiger partial charge is 0.0991 e. The van der Waals surface area contributed by atoms with Crippen LogP contribution in [0.5, 0.6) is 0 Å². The van der Waals surface area contributed by atoms with Crippen molar-refractivity contribution in [2.45, 2.75) is 6.92 Å². The van der Waals surface area contributed by atoms with Gasteiger partial charge in [0, 0.05) is 4.91 Å². The molecule has 0 radical (unpaired) electrons. The molecule has 0 fully saturated rings. The Morgan fingerprint density at radius 3 is 2.25 bits per heavy atom. The minimum Gasteiger partial charge on any atom is -0.0991 e. The molecule has 8 heavy (non-hydrogen) atoms. The number of rotatable bonds is 3. The second kappa shape index (κ2) is 4.72. The summed E-state index contributed by atoms with van der Waals surface area (Å²) in [5.41, 5.74) is 0. The van der Waals surface area contributed by atoms with E-state index in [0.29, 0.717) is 0 Å². The summed E-state index contributed by atoms with van der Waals surface area (Å²) in [6.07, 6.45) is 3.81. The topological polar surface area (TPSA) is 0 Å². The molecule has 0 N–H and O–H groups in total. The number of allylic oxidation sites excluding steroid dienone is 2. The molecule has 0 saturated carbocycles. The summed E-state index contributed by atoms with van der Waals surface area (Å²) in [6, 6.07) is 0. The maximum Gasteiger partial charge on any atom is 0.00670 e. The van der Waals surface area contributed by atoms with Gasteiger partial charge < -0.3 is 0 Å². The summed E-state index contributed by atoms with van der Waals surface area (Å²) < 4.78 is 0. The summed E-state index contributed by atoms with van der Waals surface area (Å²) in [4.78, 5) is 1.15. The van der Waals surface area contributed by atoms with Gasteiger partial charge >= 0.3 is 0 Å². The van der Waals surface area contributed by atoms with Crippen LogP contribution in [0.1, 0.15) is 6.92 Å². The Morgan fingerprint density at radius 1 is 1.50 bits per heavy atom. The molecule has 0 nitrogen and oxygen atoms in total. The number of hydrogen-bond donors (Lipinski definition) is 0. The van der Waals surface area contributed by atoms with Crippen LogP contribution in [0.15, 0.2) is 35.6 Å². The van der Waals surface area contributed by atoms with E-state index in [9.17, 15) is 0 Å². The van der Waals surface area contributed by atoms with E-state index < -0.39 is 0 Å². The van der Waals surface area contributed by atoms with Gasteiger partial charge in [0.2, 0.25) is 0 Å². The van der Waals surface area contributed by atoms with E-state index in [1.54, 1.807) is 17.2 Å². The van der Waals surface area contributed by atoms with Crippen LogP contribution in [0.4, 0.5) is 0 Å². The molecule has 0 bridgehead atoms. The minimum absolute atomic E-state index is 1.15. The van der Waals surface area contributed by atoms with Gasteiger partial charge in [-0.25, -0.2) is 0 Å². The third-order valence-corrected chi connectivity index (χ3v) is 1.55. The van der Waals surface area contributed by atoms with Crippen LogP contribution in [0.25, 0.3) is 0 Å². The van der Waals surface area contributed by atoms with Crippen molar-refractivity contribution in [3.8, 4) is 0 Å². The summed E-state index contributed by atoms with van der Waals surface area (Å²) >= 11 is 1.58. The van der Waals surface area contributed by atoms with Crippen molar-refractivity contribution in [2.24, 2.45) is 0 Å². The van der Waals surface area contributed by atoms with Gasteiger partial charge in [-0.15, -0.1) is 0 Å². The van der Waals surface area contributed by atoms with E-state index >= 15 is 0 Å². The summed E-state index contributed by atoms with van der Waals surface area (Å²) in [7, 11) is 0. The molecule has 0 aliphatic carbocycles. The molecule has 0 aromatic heterocycles. The van der Waals surface area contributed by atoms with E-state index in [2.05, 4.69) is 13.2 Å². The lowest BCUT2D eigenvalue weighted by Crippen LogP contribution is -1.59. The maximum absolute atomic E-state index is 3.61. The summed E-state index contributed by atoms with van der Waals surface area (Å²) in [5.74, 6) is 0.